The van der Waals surface area contributed by atoms with Crippen molar-refractivity contribution in [1.82, 2.24) is 19.7 Å². The molecule has 2 amide bonds. The van der Waals surface area contributed by atoms with E-state index in [1.165, 1.54) is 32.4 Å². The summed E-state index contributed by atoms with van der Waals surface area (Å²) in [5.74, 6) is -1.18. The third kappa shape index (κ3) is 5.89. The van der Waals surface area contributed by atoms with E-state index in [1.807, 2.05) is 0 Å². The Kier molecular flexibility index (Phi) is 7.50. The van der Waals surface area contributed by atoms with Crippen LogP contribution in [-0.4, -0.2) is 62.1 Å². The Balaban J connectivity index is 2.22. The Bertz CT molecular complexity index is 980. The maximum Gasteiger partial charge on any atom is 0.339 e. The predicted octanol–water partition coefficient (Wildman–Crippen LogP) is 0.795. The van der Waals surface area contributed by atoms with Crippen LogP contribution in [0.25, 0.3) is 0 Å². The Morgan fingerprint density at radius 3 is 2.28 bits per heavy atom. The SMILES string of the molecule is COc1nc(NC(=O)NS(=O)(=O)c2ccccc2C(=O)OCCCl)nc(OC)n1. The number of hydrogen-bond donors (Lipinski definition) is 2. The summed E-state index contributed by atoms with van der Waals surface area (Å²) < 4.78 is 41.4. The zero-order chi connectivity index (χ0) is 21.4. The van der Waals surface area contributed by atoms with Gasteiger partial charge in [0.2, 0.25) is 5.95 Å². The number of methoxy groups -OCH3 is 2. The highest BCUT2D eigenvalue weighted by Gasteiger charge is 2.25. The maximum absolute atomic E-state index is 12.6. The van der Waals surface area contributed by atoms with Crippen molar-refractivity contribution in [2.45, 2.75) is 4.90 Å². The first-order valence-electron chi connectivity index (χ1n) is 7.80. The number of carbonyl (C=O) groups excluding carboxylic acids is 2. The van der Waals surface area contributed by atoms with Crippen LogP contribution in [0.4, 0.5) is 10.7 Å². The number of carbonyl (C=O) groups is 2. The first-order chi connectivity index (χ1) is 13.8. The molecule has 12 nitrogen and oxygen atoms in total. The molecule has 2 rings (SSSR count). The lowest BCUT2D eigenvalue weighted by Crippen LogP contribution is -2.35. The summed E-state index contributed by atoms with van der Waals surface area (Å²) in [6, 6.07) is 3.69. The van der Waals surface area contributed by atoms with Crippen molar-refractivity contribution in [2.75, 3.05) is 32.0 Å². The molecule has 0 radical (unpaired) electrons. The van der Waals surface area contributed by atoms with Crippen molar-refractivity contribution in [3.8, 4) is 12.0 Å². The van der Waals surface area contributed by atoms with Gasteiger partial charge in [0.05, 0.1) is 25.7 Å². The van der Waals surface area contributed by atoms with Crippen molar-refractivity contribution < 1.29 is 32.2 Å². The van der Waals surface area contributed by atoms with E-state index < -0.39 is 26.9 Å². The lowest BCUT2D eigenvalue weighted by molar-refractivity contribution is 0.0524. The molecule has 14 heteroatoms. The van der Waals surface area contributed by atoms with Crippen molar-refractivity contribution in [2.24, 2.45) is 0 Å². The van der Waals surface area contributed by atoms with E-state index >= 15 is 0 Å². The highest BCUT2D eigenvalue weighted by atomic mass is 35.5. The van der Waals surface area contributed by atoms with Gasteiger partial charge in [-0.2, -0.15) is 9.97 Å². The van der Waals surface area contributed by atoms with Crippen molar-refractivity contribution in [1.29, 1.82) is 0 Å². The molecule has 2 aromatic rings. The van der Waals surface area contributed by atoms with Crippen molar-refractivity contribution in [3.05, 3.63) is 29.8 Å². The van der Waals surface area contributed by atoms with Crippen LogP contribution in [0.1, 0.15) is 10.4 Å². The van der Waals surface area contributed by atoms with Gasteiger partial charge in [-0.15, -0.1) is 16.6 Å². The minimum Gasteiger partial charge on any atom is -0.467 e. The highest BCUT2D eigenvalue weighted by molar-refractivity contribution is 7.90. The summed E-state index contributed by atoms with van der Waals surface area (Å²) in [5, 5.41) is 2.12. The van der Waals surface area contributed by atoms with Gasteiger partial charge in [-0.3, -0.25) is 5.32 Å². The third-order valence-corrected chi connectivity index (χ3v) is 4.66. The fourth-order valence-electron chi connectivity index (χ4n) is 1.96. The number of rotatable bonds is 8. The third-order valence-electron chi connectivity index (χ3n) is 3.12. The Hall–Kier alpha value is -3.19. The van der Waals surface area contributed by atoms with Gasteiger partial charge in [-0.25, -0.2) is 22.7 Å². The molecular formula is C15H16ClN5O7S. The van der Waals surface area contributed by atoms with Gasteiger partial charge in [0.25, 0.3) is 10.0 Å². The lowest BCUT2D eigenvalue weighted by atomic mass is 10.2. The van der Waals surface area contributed by atoms with E-state index in [4.69, 9.17) is 25.8 Å². The molecule has 0 saturated carbocycles. The normalized spacial score (nSPS) is 10.7. The second kappa shape index (κ2) is 9.84. The summed E-state index contributed by atoms with van der Waals surface area (Å²) >= 11 is 5.46. The standard InChI is InChI=1S/C15H16ClN5O7S/c1-26-14-18-12(19-15(20-14)27-2)17-13(23)21-29(24,25)10-6-4-3-5-9(10)11(22)28-8-7-16/h3-6H,7-8H2,1-2H3,(H2,17,18,19,20,21,23). The molecule has 0 aliphatic carbocycles. The molecule has 0 fully saturated rings. The summed E-state index contributed by atoms with van der Waals surface area (Å²) in [4.78, 5) is 35.0. The lowest BCUT2D eigenvalue weighted by Gasteiger charge is -2.11. The van der Waals surface area contributed by atoms with E-state index in [0.717, 1.165) is 6.07 Å². The molecule has 2 N–H and O–H groups in total. The number of halogens is 1. The minimum atomic E-state index is -4.44. The number of nitrogens with one attached hydrogen (secondary N) is 2. The fourth-order valence-corrected chi connectivity index (χ4v) is 3.14. The number of benzene rings is 1. The van der Waals surface area contributed by atoms with Gasteiger partial charge in [-0.05, 0) is 12.1 Å². The van der Waals surface area contributed by atoms with Crippen LogP contribution in [0.2, 0.25) is 0 Å². The van der Waals surface area contributed by atoms with E-state index in [9.17, 15) is 18.0 Å². The molecule has 0 aliphatic rings. The largest absolute Gasteiger partial charge is 0.467 e. The van der Waals surface area contributed by atoms with Crippen LogP contribution in [-0.2, 0) is 14.8 Å². The number of amides is 2. The van der Waals surface area contributed by atoms with Crippen LogP contribution in [0, 0.1) is 0 Å². The molecular weight excluding hydrogens is 430 g/mol. The zero-order valence-corrected chi connectivity index (χ0v) is 16.8. The Morgan fingerprint density at radius 1 is 1.07 bits per heavy atom. The molecule has 0 atom stereocenters. The van der Waals surface area contributed by atoms with Gasteiger partial charge < -0.3 is 14.2 Å². The number of aromatic nitrogens is 3. The average molecular weight is 446 g/mol. The number of esters is 1. The smallest absolute Gasteiger partial charge is 0.339 e. The molecule has 1 heterocycles. The summed E-state index contributed by atoms with van der Waals surface area (Å²) in [6.45, 7) is -0.105. The van der Waals surface area contributed by atoms with Crippen LogP contribution < -0.4 is 19.5 Å². The molecule has 0 spiro atoms. The summed E-state index contributed by atoms with van der Waals surface area (Å²) in [6.07, 6.45) is 0. The van der Waals surface area contributed by atoms with Crippen molar-refractivity contribution >= 4 is 39.6 Å². The number of nitrogens with zero attached hydrogens (tertiary/aromatic N) is 3. The van der Waals surface area contributed by atoms with Crippen molar-refractivity contribution in [3.63, 3.8) is 0 Å². The number of ether oxygens (including phenoxy) is 3. The second-order valence-corrected chi connectivity index (χ2v) is 7.04. The molecule has 1 aromatic carbocycles. The van der Waals surface area contributed by atoms with Gasteiger partial charge in [0, 0.05) is 0 Å². The van der Waals surface area contributed by atoms with E-state index in [0.29, 0.717) is 0 Å². The van der Waals surface area contributed by atoms with E-state index in [-0.39, 0.29) is 36.0 Å². The molecule has 29 heavy (non-hydrogen) atoms. The minimum absolute atomic E-state index is 0.0418. The highest BCUT2D eigenvalue weighted by Crippen LogP contribution is 2.17. The number of urea groups is 1. The Morgan fingerprint density at radius 2 is 1.69 bits per heavy atom. The van der Waals surface area contributed by atoms with Crippen LogP contribution >= 0.6 is 11.6 Å². The van der Waals surface area contributed by atoms with Gasteiger partial charge in [0.15, 0.2) is 0 Å². The van der Waals surface area contributed by atoms with Crippen LogP contribution in [0.5, 0.6) is 12.0 Å². The van der Waals surface area contributed by atoms with E-state index in [2.05, 4.69) is 20.3 Å². The van der Waals surface area contributed by atoms with Crippen LogP contribution in [0.15, 0.2) is 29.2 Å². The first kappa shape index (κ1) is 22.1. The Labute approximate surface area is 170 Å². The molecule has 1 aromatic heterocycles. The monoisotopic (exact) mass is 445 g/mol. The zero-order valence-electron chi connectivity index (χ0n) is 15.2. The fraction of sp³-hybridized carbons (Fsp3) is 0.267. The quantitative estimate of drug-likeness (QED) is 0.439. The predicted molar refractivity (Wildman–Crippen MR) is 99.7 cm³/mol. The van der Waals surface area contributed by atoms with Gasteiger partial charge in [0.1, 0.15) is 11.5 Å². The first-order valence-corrected chi connectivity index (χ1v) is 9.82. The maximum atomic E-state index is 12.6. The molecule has 0 saturated heterocycles. The van der Waals surface area contributed by atoms with E-state index in [1.54, 1.807) is 4.72 Å². The summed E-state index contributed by atoms with van der Waals surface area (Å²) in [7, 11) is -1.88. The summed E-state index contributed by atoms with van der Waals surface area (Å²) in [5.41, 5.74) is -0.263. The number of alkyl halides is 1. The molecule has 0 unspecified atom stereocenters. The topological polar surface area (TPSA) is 159 Å². The number of sulfonamides is 1. The number of anilines is 1. The number of hydrogen-bond acceptors (Lipinski definition) is 10. The van der Waals surface area contributed by atoms with Crippen LogP contribution in [0.3, 0.4) is 0 Å². The molecule has 156 valence electrons. The average Bonchev–Trinajstić information content (AvgIpc) is 2.71. The van der Waals surface area contributed by atoms with Gasteiger partial charge in [-0.1, -0.05) is 12.1 Å². The molecule has 0 bridgehead atoms. The van der Waals surface area contributed by atoms with Gasteiger partial charge >= 0.3 is 24.0 Å². The second-order valence-electron chi connectivity index (χ2n) is 5.01. The molecule has 0 aliphatic heterocycles.